The normalized spacial score (nSPS) is 6.12. The maximum absolute atomic E-state index is 2.26. The molecular formula is C12H18Cl2SiZr. The quantitative estimate of drug-likeness (QED) is 0.352. The Morgan fingerprint density at radius 2 is 0.875 bits per heavy atom. The first-order valence-electron chi connectivity index (χ1n) is 4.75. The summed E-state index contributed by atoms with van der Waals surface area (Å²) in [5.41, 5.74) is 0. The van der Waals surface area contributed by atoms with Crippen molar-refractivity contribution in [2.45, 2.75) is 13.1 Å². The monoisotopic (exact) mass is 350 g/mol. The number of hydrogen-bond donors (Lipinski definition) is 0. The van der Waals surface area contributed by atoms with E-state index >= 15 is 0 Å². The minimum Gasteiger partial charge on any atom is -1.00 e. The van der Waals surface area contributed by atoms with Crippen LogP contribution in [0.5, 0.6) is 0 Å². The third-order valence-corrected chi connectivity index (χ3v) is 1.11. The van der Waals surface area contributed by atoms with Gasteiger partial charge in [0.2, 0.25) is 0 Å². The molecule has 0 saturated heterocycles. The predicted octanol–water partition coefficient (Wildman–Crippen LogP) is -2.93. The van der Waals surface area contributed by atoms with Crippen LogP contribution in [0.15, 0.2) is 60.7 Å². The summed E-state index contributed by atoms with van der Waals surface area (Å²) < 4.78 is 0. The van der Waals surface area contributed by atoms with E-state index in [1.54, 1.807) is 0 Å². The maximum Gasteiger partial charge on any atom is 4.00 e. The van der Waals surface area contributed by atoms with E-state index in [9.17, 15) is 0 Å². The molecule has 0 bridgehead atoms. The molecule has 0 amide bonds. The molecule has 0 N–H and O–H groups in total. The fourth-order valence-corrected chi connectivity index (χ4v) is 0.642. The number of halogens is 2. The van der Waals surface area contributed by atoms with Gasteiger partial charge in [-0.15, -0.1) is 0 Å². The molecule has 0 fully saturated rings. The van der Waals surface area contributed by atoms with Crippen LogP contribution < -0.4 is 24.8 Å². The molecule has 0 spiro atoms. The first-order chi connectivity index (χ1) is 6.41. The predicted molar refractivity (Wildman–Crippen MR) is 64.3 cm³/mol. The van der Waals surface area contributed by atoms with Crippen molar-refractivity contribution in [2.75, 3.05) is 0 Å². The molecule has 0 radical (unpaired) electrons. The smallest absolute Gasteiger partial charge is 1.00 e. The van der Waals surface area contributed by atoms with Gasteiger partial charge < -0.3 is 24.8 Å². The second-order valence-corrected chi connectivity index (χ2v) is 4.05. The van der Waals surface area contributed by atoms with Crippen LogP contribution in [0, 0.1) is 0 Å². The fourth-order valence-electron chi connectivity index (χ4n) is 0.642. The van der Waals surface area contributed by atoms with Crippen molar-refractivity contribution < 1.29 is 51.0 Å². The van der Waals surface area contributed by atoms with Crippen LogP contribution in [0.25, 0.3) is 0 Å². The summed E-state index contributed by atoms with van der Waals surface area (Å²) >= 11 is 0. The van der Waals surface area contributed by atoms with Gasteiger partial charge in [-0.2, -0.15) is 36.4 Å². The second kappa shape index (κ2) is 24.6. The minimum absolute atomic E-state index is 0. The van der Waals surface area contributed by atoms with Crippen LogP contribution in [0.4, 0.5) is 0 Å². The van der Waals surface area contributed by atoms with E-state index in [1.165, 1.54) is 0 Å². The molecule has 88 valence electrons. The Bertz CT molecular complexity index is 171. The van der Waals surface area contributed by atoms with Crippen LogP contribution in [-0.4, -0.2) is 9.52 Å². The Balaban J connectivity index is -0.0000000638. The first kappa shape index (κ1) is 25.3. The van der Waals surface area contributed by atoms with E-state index in [0.717, 1.165) is 0 Å². The molecule has 0 aliphatic rings. The van der Waals surface area contributed by atoms with Gasteiger partial charge in [0.25, 0.3) is 0 Å². The van der Waals surface area contributed by atoms with Crippen molar-refractivity contribution in [3.05, 3.63) is 60.7 Å². The van der Waals surface area contributed by atoms with Gasteiger partial charge in [0, 0.05) is 9.52 Å². The summed E-state index contributed by atoms with van der Waals surface area (Å²) in [7, 11) is 0.417. The van der Waals surface area contributed by atoms with E-state index in [1.807, 2.05) is 60.7 Å². The zero-order chi connectivity index (χ0) is 9.78. The van der Waals surface area contributed by atoms with Gasteiger partial charge in [0.05, 0.1) is 0 Å². The third-order valence-electron chi connectivity index (χ3n) is 1.11. The van der Waals surface area contributed by atoms with Gasteiger partial charge in [0.1, 0.15) is 0 Å². The molecule has 0 aromatic heterocycles. The Hall–Kier alpha value is 0.380. The molecule has 0 nitrogen and oxygen atoms in total. The summed E-state index contributed by atoms with van der Waals surface area (Å²) in [6, 6.07) is 20.0. The largest absolute Gasteiger partial charge is 4.00 e. The summed E-state index contributed by atoms with van der Waals surface area (Å²) in [5.74, 6) is 0. The van der Waals surface area contributed by atoms with Gasteiger partial charge in [-0.3, -0.25) is 0 Å². The van der Waals surface area contributed by atoms with E-state index < -0.39 is 0 Å². The standard InChI is InChI=1S/2C5H5.C2H8Si.2ClH.Zr/c2*1-2-4-5-3-1;1-3-2;;;/h2*1-5H;3H2,1-2H3;2*1H;/q2*-1;;;;+4/p-2. The van der Waals surface area contributed by atoms with E-state index in [-0.39, 0.29) is 51.0 Å². The Morgan fingerprint density at radius 1 is 0.688 bits per heavy atom. The van der Waals surface area contributed by atoms with Crippen LogP contribution in [0.2, 0.25) is 13.1 Å². The molecule has 0 unspecified atom stereocenters. The molecule has 2 aromatic carbocycles. The zero-order valence-corrected chi connectivity index (χ0v) is 15.1. The summed E-state index contributed by atoms with van der Waals surface area (Å²) in [5, 5.41) is 0. The Labute approximate surface area is 133 Å². The van der Waals surface area contributed by atoms with Crippen molar-refractivity contribution in [3.63, 3.8) is 0 Å². The second-order valence-electron chi connectivity index (χ2n) is 2.63. The third kappa shape index (κ3) is 23.9. The molecule has 0 saturated carbocycles. The molecule has 0 aliphatic carbocycles. The van der Waals surface area contributed by atoms with Crippen LogP contribution >= 0.6 is 0 Å². The molecule has 2 rings (SSSR count). The van der Waals surface area contributed by atoms with Crippen LogP contribution in [0.3, 0.4) is 0 Å². The number of hydrogen-bond acceptors (Lipinski definition) is 0. The van der Waals surface area contributed by atoms with Crippen molar-refractivity contribution in [3.8, 4) is 0 Å². The van der Waals surface area contributed by atoms with Gasteiger partial charge in [-0.1, -0.05) is 13.1 Å². The topological polar surface area (TPSA) is 0 Å². The molecule has 0 aliphatic heterocycles. The van der Waals surface area contributed by atoms with Crippen molar-refractivity contribution in [1.82, 2.24) is 0 Å². The summed E-state index contributed by atoms with van der Waals surface area (Å²) in [6.07, 6.45) is 0. The van der Waals surface area contributed by atoms with E-state index in [4.69, 9.17) is 0 Å². The zero-order valence-electron chi connectivity index (χ0n) is 9.74. The average Bonchev–Trinajstić information content (AvgIpc) is 2.85. The fraction of sp³-hybridized carbons (Fsp3) is 0.167. The maximum atomic E-state index is 2.26. The molecule has 0 heterocycles. The minimum atomic E-state index is 0. The molecule has 2 aromatic rings. The van der Waals surface area contributed by atoms with Gasteiger partial charge in [0.15, 0.2) is 0 Å². The van der Waals surface area contributed by atoms with E-state index in [2.05, 4.69) is 13.1 Å². The molecular weight excluding hydrogens is 334 g/mol. The van der Waals surface area contributed by atoms with Crippen LogP contribution in [0.1, 0.15) is 0 Å². The first-order valence-corrected chi connectivity index (χ1v) is 7.58. The van der Waals surface area contributed by atoms with Gasteiger partial charge in [-0.25, -0.2) is 24.3 Å². The molecule has 4 heteroatoms. The van der Waals surface area contributed by atoms with Gasteiger partial charge >= 0.3 is 26.2 Å². The summed E-state index contributed by atoms with van der Waals surface area (Å²) in [4.78, 5) is 0. The van der Waals surface area contributed by atoms with Gasteiger partial charge in [-0.05, 0) is 0 Å². The van der Waals surface area contributed by atoms with Crippen molar-refractivity contribution in [2.24, 2.45) is 0 Å². The van der Waals surface area contributed by atoms with Crippen molar-refractivity contribution >= 4 is 9.52 Å². The molecule has 16 heavy (non-hydrogen) atoms. The van der Waals surface area contributed by atoms with Crippen LogP contribution in [-0.2, 0) is 26.2 Å². The Kier molecular flexibility index (Phi) is 38.8. The average molecular weight is 352 g/mol. The molecule has 0 atom stereocenters. The summed E-state index contributed by atoms with van der Waals surface area (Å²) in [6.45, 7) is 4.53. The van der Waals surface area contributed by atoms with Crippen molar-refractivity contribution in [1.29, 1.82) is 0 Å². The number of rotatable bonds is 0. The Morgan fingerprint density at radius 3 is 0.938 bits per heavy atom. The SMILES string of the molecule is C[SiH2]C.[Cl-].[Cl-].[Zr+4].c1cc[cH-]c1.c1cc[cH-]c1. The van der Waals surface area contributed by atoms with E-state index in [0.29, 0.717) is 9.52 Å².